The number of unbranched alkanes of at least 4 members (excludes halogenated alkanes) is 3. The first kappa shape index (κ1) is 20.6. The second-order valence-electron chi connectivity index (χ2n) is 9.00. The van der Waals surface area contributed by atoms with Gasteiger partial charge in [0.25, 0.3) is 0 Å². The predicted molar refractivity (Wildman–Crippen MR) is 117 cm³/mol. The highest BCUT2D eigenvalue weighted by Crippen LogP contribution is 2.51. The number of carbonyl (C=O) groups is 1. The van der Waals surface area contributed by atoms with E-state index < -0.39 is 5.97 Å². The molecular weight excluding hydrogens is 344 g/mol. The summed E-state index contributed by atoms with van der Waals surface area (Å²) in [7, 11) is 0. The highest BCUT2D eigenvalue weighted by molar-refractivity contribution is 5.92. The summed E-state index contributed by atoms with van der Waals surface area (Å²) < 4.78 is 0. The summed E-state index contributed by atoms with van der Waals surface area (Å²) in [6, 6.07) is 7.30. The lowest BCUT2D eigenvalue weighted by molar-refractivity contribution is 0.0696. The summed E-state index contributed by atoms with van der Waals surface area (Å²) in [5.41, 5.74) is 4.62. The van der Waals surface area contributed by atoms with Crippen LogP contribution < -0.4 is 0 Å². The molecule has 3 rings (SSSR count). The zero-order valence-corrected chi connectivity index (χ0v) is 17.6. The van der Waals surface area contributed by atoms with Crippen LogP contribution in [0.15, 0.2) is 53.6 Å². The van der Waals surface area contributed by atoms with E-state index >= 15 is 0 Å². The molecule has 0 aliphatic heterocycles. The fourth-order valence-electron chi connectivity index (χ4n) is 4.87. The molecule has 0 radical (unpaired) electrons. The number of hydrogen-bond donors (Lipinski definition) is 1. The largest absolute Gasteiger partial charge is 0.478 e. The Hall–Kier alpha value is -2.09. The lowest BCUT2D eigenvalue weighted by atomic mass is 9.75. The van der Waals surface area contributed by atoms with Crippen LogP contribution in [0.5, 0.6) is 0 Å². The van der Waals surface area contributed by atoms with Crippen LogP contribution in [-0.2, 0) is 0 Å². The van der Waals surface area contributed by atoms with Gasteiger partial charge >= 0.3 is 5.97 Å². The van der Waals surface area contributed by atoms with E-state index in [1.807, 2.05) is 18.2 Å². The van der Waals surface area contributed by atoms with Gasteiger partial charge in [0.15, 0.2) is 0 Å². The van der Waals surface area contributed by atoms with E-state index in [9.17, 15) is 9.90 Å². The molecule has 1 aromatic carbocycles. The van der Waals surface area contributed by atoms with Crippen LogP contribution in [0.1, 0.15) is 81.6 Å². The number of carboxylic acid groups (broad SMARTS) is 1. The molecule has 0 aromatic heterocycles. The maximum absolute atomic E-state index is 11.5. The minimum Gasteiger partial charge on any atom is -0.478 e. The Morgan fingerprint density at radius 3 is 2.75 bits per heavy atom. The van der Waals surface area contributed by atoms with Crippen LogP contribution in [0.2, 0.25) is 0 Å². The zero-order chi connectivity index (χ0) is 20.1. The monoisotopic (exact) mass is 378 g/mol. The van der Waals surface area contributed by atoms with Gasteiger partial charge in [-0.25, -0.2) is 4.79 Å². The number of rotatable bonds is 8. The third kappa shape index (κ3) is 4.48. The summed E-state index contributed by atoms with van der Waals surface area (Å²) in [4.78, 5) is 11.5. The molecule has 0 saturated heterocycles. The van der Waals surface area contributed by atoms with E-state index in [1.54, 1.807) is 23.3 Å². The van der Waals surface area contributed by atoms with Crippen molar-refractivity contribution in [3.63, 3.8) is 0 Å². The molecule has 28 heavy (non-hydrogen) atoms. The van der Waals surface area contributed by atoms with Gasteiger partial charge in [0, 0.05) is 0 Å². The molecule has 2 aliphatic carbocycles. The average molecular weight is 379 g/mol. The third-order valence-corrected chi connectivity index (χ3v) is 6.53. The summed E-state index contributed by atoms with van der Waals surface area (Å²) in [5, 5.41) is 9.46. The minimum absolute atomic E-state index is 0.243. The van der Waals surface area contributed by atoms with Crippen LogP contribution in [0, 0.1) is 17.3 Å². The van der Waals surface area contributed by atoms with E-state index in [0.717, 1.165) is 18.4 Å². The molecule has 150 valence electrons. The van der Waals surface area contributed by atoms with Gasteiger partial charge < -0.3 is 5.11 Å². The second kappa shape index (κ2) is 8.94. The molecule has 0 bridgehead atoms. The average Bonchev–Trinajstić information content (AvgIpc) is 3.03. The standard InChI is InChI=1S/C26H34O2/c1-4-5-6-7-12-21-20(18-24-23(21)14-10-17-26(24,2)3)16-15-19-11-8-9-13-22(19)25(27)28/h8-11,13-16,20-21H,4-7,12,17-18H2,1-3H3,(H,27,28). The molecule has 2 aliphatic rings. The van der Waals surface area contributed by atoms with Crippen molar-refractivity contribution in [2.75, 3.05) is 0 Å². The van der Waals surface area contributed by atoms with Crippen LogP contribution >= 0.6 is 0 Å². The maximum atomic E-state index is 11.5. The number of benzene rings is 1. The van der Waals surface area contributed by atoms with Gasteiger partial charge in [-0.1, -0.05) is 94.5 Å². The van der Waals surface area contributed by atoms with Crippen molar-refractivity contribution in [1.82, 2.24) is 0 Å². The van der Waals surface area contributed by atoms with Crippen molar-refractivity contribution in [3.05, 3.63) is 64.8 Å². The molecule has 0 amide bonds. The van der Waals surface area contributed by atoms with Gasteiger partial charge in [-0.3, -0.25) is 0 Å². The molecule has 0 heterocycles. The van der Waals surface area contributed by atoms with E-state index in [0.29, 0.717) is 17.4 Å². The van der Waals surface area contributed by atoms with E-state index in [1.165, 1.54) is 32.1 Å². The SMILES string of the molecule is CCCCCCC1C2=C(CC1C=Cc1ccccc1C(=O)O)C(C)(C)CC=C2. The first-order chi connectivity index (χ1) is 13.4. The first-order valence-electron chi connectivity index (χ1n) is 10.8. The van der Waals surface area contributed by atoms with Gasteiger partial charge in [0.1, 0.15) is 0 Å². The number of hydrogen-bond acceptors (Lipinski definition) is 1. The Morgan fingerprint density at radius 2 is 2.00 bits per heavy atom. The van der Waals surface area contributed by atoms with Crippen molar-refractivity contribution in [2.24, 2.45) is 17.3 Å². The predicted octanol–water partition coefficient (Wildman–Crippen LogP) is 7.29. The molecule has 0 fully saturated rings. The molecule has 1 N–H and O–H groups in total. The number of allylic oxidation sites excluding steroid dienone is 5. The molecule has 1 aromatic rings. The Kier molecular flexibility index (Phi) is 6.59. The normalized spacial score (nSPS) is 23.4. The van der Waals surface area contributed by atoms with Crippen LogP contribution in [-0.4, -0.2) is 11.1 Å². The molecular formula is C26H34O2. The van der Waals surface area contributed by atoms with Crippen molar-refractivity contribution >= 4 is 12.0 Å². The number of aromatic carboxylic acids is 1. The lowest BCUT2D eigenvalue weighted by Crippen LogP contribution is -2.16. The summed E-state index contributed by atoms with van der Waals surface area (Å²) >= 11 is 0. The fourth-order valence-corrected chi connectivity index (χ4v) is 4.87. The van der Waals surface area contributed by atoms with Gasteiger partial charge in [-0.2, -0.15) is 0 Å². The van der Waals surface area contributed by atoms with Crippen molar-refractivity contribution in [3.8, 4) is 0 Å². The van der Waals surface area contributed by atoms with Crippen molar-refractivity contribution in [2.45, 2.75) is 65.7 Å². The van der Waals surface area contributed by atoms with Gasteiger partial charge in [0.2, 0.25) is 0 Å². The molecule has 2 atom stereocenters. The minimum atomic E-state index is -0.857. The Morgan fingerprint density at radius 1 is 1.21 bits per heavy atom. The van der Waals surface area contributed by atoms with Gasteiger partial charge in [0.05, 0.1) is 5.56 Å². The van der Waals surface area contributed by atoms with Crippen LogP contribution in [0.3, 0.4) is 0 Å². The Bertz CT molecular complexity index is 794. The fraction of sp³-hybridized carbons (Fsp3) is 0.500. The first-order valence-corrected chi connectivity index (χ1v) is 10.8. The summed E-state index contributed by atoms with van der Waals surface area (Å²) in [5.74, 6) is 0.177. The van der Waals surface area contributed by atoms with Crippen molar-refractivity contribution < 1.29 is 9.90 Å². The molecule has 0 saturated carbocycles. The summed E-state index contributed by atoms with van der Waals surface area (Å²) in [6.07, 6.45) is 17.7. The lowest BCUT2D eigenvalue weighted by Gasteiger charge is -2.29. The smallest absolute Gasteiger partial charge is 0.336 e. The Balaban J connectivity index is 1.83. The Labute approximate surface area is 170 Å². The molecule has 0 spiro atoms. The van der Waals surface area contributed by atoms with Crippen molar-refractivity contribution in [1.29, 1.82) is 0 Å². The molecule has 2 unspecified atom stereocenters. The van der Waals surface area contributed by atoms with Crippen LogP contribution in [0.4, 0.5) is 0 Å². The highest BCUT2D eigenvalue weighted by Gasteiger charge is 2.39. The summed E-state index contributed by atoms with van der Waals surface area (Å²) in [6.45, 7) is 6.99. The van der Waals surface area contributed by atoms with E-state index in [-0.39, 0.29) is 5.41 Å². The topological polar surface area (TPSA) is 37.3 Å². The van der Waals surface area contributed by atoms with Gasteiger partial charge in [-0.15, -0.1) is 0 Å². The molecule has 2 heteroatoms. The van der Waals surface area contributed by atoms with E-state index in [4.69, 9.17) is 0 Å². The number of carboxylic acids is 1. The zero-order valence-electron chi connectivity index (χ0n) is 17.6. The van der Waals surface area contributed by atoms with Crippen LogP contribution in [0.25, 0.3) is 6.08 Å². The quantitative estimate of drug-likeness (QED) is 0.482. The molecule has 2 nitrogen and oxygen atoms in total. The third-order valence-electron chi connectivity index (χ3n) is 6.53. The second-order valence-corrected chi connectivity index (χ2v) is 9.00. The maximum Gasteiger partial charge on any atom is 0.336 e. The van der Waals surface area contributed by atoms with E-state index in [2.05, 4.69) is 39.0 Å². The van der Waals surface area contributed by atoms with Gasteiger partial charge in [-0.05, 0) is 53.7 Å². The highest BCUT2D eigenvalue weighted by atomic mass is 16.4.